The minimum atomic E-state index is 0.779. The van der Waals surface area contributed by atoms with Gasteiger partial charge in [-0.15, -0.1) is 0 Å². The molecule has 3 rings (SSSR count). The van der Waals surface area contributed by atoms with E-state index in [1.54, 1.807) is 0 Å². The van der Waals surface area contributed by atoms with Gasteiger partial charge in [-0.1, -0.05) is 0 Å². The fourth-order valence-electron chi connectivity index (χ4n) is 4.19. The summed E-state index contributed by atoms with van der Waals surface area (Å²) in [5, 5.41) is 9.70. The fraction of sp³-hybridized carbons (Fsp3) is 1.00. The summed E-state index contributed by atoms with van der Waals surface area (Å²) in [6.07, 6.45) is 5.37. The van der Waals surface area contributed by atoms with Gasteiger partial charge >= 0.3 is 0 Å². The van der Waals surface area contributed by atoms with Crippen LogP contribution < -0.4 is 16.0 Å². The van der Waals surface area contributed by atoms with Crippen LogP contribution in [-0.2, 0) is 0 Å². The first kappa shape index (κ1) is 27.8. The van der Waals surface area contributed by atoms with Crippen LogP contribution >= 0.6 is 0 Å². The van der Waals surface area contributed by atoms with E-state index in [0.29, 0.717) is 0 Å². The molecule has 0 unspecified atom stereocenters. The standard InChI is InChI=1S/C8H19N3.C8H18N2.C7H16N2/c1-9-3-4-11-7-5-10(2)6-8-11;1-9-7-8-3-5-10(2)6-4-8;1-8-7-3-5-9(2)6-4-7/h9H,3-8H2,1-2H3;8-9H,3-7H2,1-2H3;7-8H,3-6H2,1-2H3. The number of likely N-dealkylation sites (tertiary alicyclic amines) is 2. The predicted molar refractivity (Wildman–Crippen MR) is 132 cm³/mol. The summed E-state index contributed by atoms with van der Waals surface area (Å²) in [5.41, 5.74) is 0. The van der Waals surface area contributed by atoms with E-state index in [2.05, 4.69) is 63.7 Å². The van der Waals surface area contributed by atoms with E-state index in [9.17, 15) is 0 Å². The summed E-state index contributed by atoms with van der Waals surface area (Å²) in [5.74, 6) is 0.932. The lowest BCUT2D eigenvalue weighted by Crippen LogP contribution is -2.46. The van der Waals surface area contributed by atoms with E-state index >= 15 is 0 Å². The van der Waals surface area contributed by atoms with Crippen molar-refractivity contribution in [2.75, 3.05) is 114 Å². The van der Waals surface area contributed by atoms with E-state index in [4.69, 9.17) is 0 Å². The van der Waals surface area contributed by atoms with Crippen LogP contribution in [-0.4, -0.2) is 140 Å². The van der Waals surface area contributed by atoms with E-state index in [-0.39, 0.29) is 0 Å². The molecule has 0 aliphatic carbocycles. The molecule has 0 spiro atoms. The molecule has 3 aliphatic heterocycles. The first-order chi connectivity index (χ1) is 14.5. The van der Waals surface area contributed by atoms with Crippen LogP contribution in [0.4, 0.5) is 0 Å². The van der Waals surface area contributed by atoms with Gasteiger partial charge in [-0.2, -0.15) is 0 Å². The lowest BCUT2D eigenvalue weighted by molar-refractivity contribution is 0.155. The Hall–Kier alpha value is -0.280. The van der Waals surface area contributed by atoms with Crippen molar-refractivity contribution in [3.63, 3.8) is 0 Å². The molecule has 180 valence electrons. The third-order valence-electron chi connectivity index (χ3n) is 6.73. The molecule has 0 aromatic rings. The van der Waals surface area contributed by atoms with Gasteiger partial charge in [0.05, 0.1) is 0 Å². The zero-order valence-electron chi connectivity index (χ0n) is 21.1. The Kier molecular flexibility index (Phi) is 16.0. The first-order valence-corrected chi connectivity index (χ1v) is 12.2. The Labute approximate surface area is 187 Å². The van der Waals surface area contributed by atoms with Crippen molar-refractivity contribution >= 4 is 0 Å². The lowest BCUT2D eigenvalue weighted by Gasteiger charge is -2.32. The number of hydrogen-bond donors (Lipinski definition) is 3. The number of nitrogens with zero attached hydrogens (tertiary/aromatic N) is 4. The molecule has 3 heterocycles. The number of hydrogen-bond acceptors (Lipinski definition) is 7. The van der Waals surface area contributed by atoms with Gasteiger partial charge in [-0.3, -0.25) is 4.90 Å². The quantitative estimate of drug-likeness (QED) is 0.564. The molecule has 3 N–H and O–H groups in total. The maximum absolute atomic E-state index is 3.30. The van der Waals surface area contributed by atoms with Crippen LogP contribution in [0.2, 0.25) is 0 Å². The second kappa shape index (κ2) is 17.3. The Morgan fingerprint density at radius 3 is 1.60 bits per heavy atom. The van der Waals surface area contributed by atoms with Crippen molar-refractivity contribution in [3.05, 3.63) is 0 Å². The molecule has 0 atom stereocenters. The monoisotopic (exact) mass is 427 g/mol. The molecule has 3 saturated heterocycles. The maximum atomic E-state index is 3.30. The second-order valence-electron chi connectivity index (χ2n) is 9.42. The van der Waals surface area contributed by atoms with Crippen molar-refractivity contribution in [2.45, 2.75) is 31.7 Å². The van der Waals surface area contributed by atoms with E-state index in [1.807, 2.05) is 14.1 Å². The van der Waals surface area contributed by atoms with Gasteiger partial charge in [0.1, 0.15) is 0 Å². The molecule has 0 aromatic carbocycles. The summed E-state index contributed by atoms with van der Waals surface area (Å²) in [6.45, 7) is 13.5. The number of piperidine rings is 2. The van der Waals surface area contributed by atoms with Crippen LogP contribution in [0.1, 0.15) is 25.7 Å². The average molecular weight is 428 g/mol. The molecule has 7 heteroatoms. The summed E-state index contributed by atoms with van der Waals surface area (Å²) >= 11 is 0. The SMILES string of the molecule is CNC1CCN(C)CC1.CNCC1CCN(C)CC1.CNCCN1CCN(C)CC1. The smallest absolute Gasteiger partial charge is 0.0110 e. The van der Waals surface area contributed by atoms with Crippen molar-refractivity contribution in [1.82, 2.24) is 35.6 Å². The molecule has 0 bridgehead atoms. The van der Waals surface area contributed by atoms with Gasteiger partial charge in [0.2, 0.25) is 0 Å². The summed E-state index contributed by atoms with van der Waals surface area (Å²) in [6, 6.07) is 0.779. The van der Waals surface area contributed by atoms with Crippen LogP contribution in [0.15, 0.2) is 0 Å². The lowest BCUT2D eigenvalue weighted by atomic mass is 9.97. The zero-order chi connectivity index (χ0) is 22.2. The minimum absolute atomic E-state index is 0.779. The maximum Gasteiger partial charge on any atom is 0.0110 e. The van der Waals surface area contributed by atoms with Gasteiger partial charge in [-0.25, -0.2) is 0 Å². The highest BCUT2D eigenvalue weighted by molar-refractivity contribution is 4.73. The molecular weight excluding hydrogens is 374 g/mol. The molecule has 30 heavy (non-hydrogen) atoms. The zero-order valence-corrected chi connectivity index (χ0v) is 21.1. The molecular formula is C23H53N7. The highest BCUT2D eigenvalue weighted by atomic mass is 15.2. The van der Waals surface area contributed by atoms with Crippen molar-refractivity contribution in [3.8, 4) is 0 Å². The number of rotatable bonds is 6. The average Bonchev–Trinajstić information content (AvgIpc) is 2.77. The van der Waals surface area contributed by atoms with Crippen molar-refractivity contribution < 1.29 is 0 Å². The minimum Gasteiger partial charge on any atom is -0.319 e. The molecule has 3 aliphatic rings. The van der Waals surface area contributed by atoms with Crippen LogP contribution in [0.3, 0.4) is 0 Å². The Balaban J connectivity index is 0.000000226. The molecule has 3 fully saturated rings. The molecule has 0 saturated carbocycles. The second-order valence-corrected chi connectivity index (χ2v) is 9.42. The summed E-state index contributed by atoms with van der Waals surface area (Å²) < 4.78 is 0. The van der Waals surface area contributed by atoms with Gasteiger partial charge < -0.3 is 30.7 Å². The Morgan fingerprint density at radius 2 is 1.13 bits per heavy atom. The number of nitrogens with one attached hydrogen (secondary N) is 3. The Morgan fingerprint density at radius 1 is 0.633 bits per heavy atom. The highest BCUT2D eigenvalue weighted by Crippen LogP contribution is 2.14. The van der Waals surface area contributed by atoms with E-state index < -0.39 is 0 Å². The van der Waals surface area contributed by atoms with Crippen molar-refractivity contribution in [1.29, 1.82) is 0 Å². The van der Waals surface area contributed by atoms with E-state index in [0.717, 1.165) is 18.5 Å². The number of likely N-dealkylation sites (N-methyl/N-ethyl adjacent to an activating group) is 2. The van der Waals surface area contributed by atoms with Crippen molar-refractivity contribution in [2.24, 2.45) is 5.92 Å². The fourth-order valence-corrected chi connectivity index (χ4v) is 4.19. The van der Waals surface area contributed by atoms with Gasteiger partial charge in [0, 0.05) is 45.3 Å². The topological polar surface area (TPSA) is 49.1 Å². The first-order valence-electron chi connectivity index (χ1n) is 12.2. The van der Waals surface area contributed by atoms with Gasteiger partial charge in [0.15, 0.2) is 0 Å². The number of piperazine rings is 1. The van der Waals surface area contributed by atoms with Gasteiger partial charge in [0.25, 0.3) is 0 Å². The molecule has 0 radical (unpaired) electrons. The highest BCUT2D eigenvalue weighted by Gasteiger charge is 2.15. The predicted octanol–water partition coefficient (Wildman–Crippen LogP) is 0.301. The van der Waals surface area contributed by atoms with Gasteiger partial charge in [-0.05, 0) is 107 Å². The molecule has 0 amide bonds. The molecule has 0 aromatic heterocycles. The molecule has 7 nitrogen and oxygen atoms in total. The van der Waals surface area contributed by atoms with Crippen LogP contribution in [0.5, 0.6) is 0 Å². The summed E-state index contributed by atoms with van der Waals surface area (Å²) in [4.78, 5) is 9.69. The largest absolute Gasteiger partial charge is 0.319 e. The normalized spacial score (nSPS) is 23.4. The Bertz CT molecular complexity index is 369. The van der Waals surface area contributed by atoms with E-state index in [1.165, 1.54) is 91.1 Å². The third kappa shape index (κ3) is 13.2. The third-order valence-corrected chi connectivity index (χ3v) is 6.73. The van der Waals surface area contributed by atoms with Crippen LogP contribution in [0.25, 0.3) is 0 Å². The van der Waals surface area contributed by atoms with Crippen LogP contribution in [0, 0.1) is 5.92 Å². The summed E-state index contributed by atoms with van der Waals surface area (Å²) in [7, 11) is 12.7.